The van der Waals surface area contributed by atoms with E-state index >= 15 is 0 Å². The third kappa shape index (κ3) is 1.86. The van der Waals surface area contributed by atoms with Gasteiger partial charge in [0.05, 0.1) is 0 Å². The van der Waals surface area contributed by atoms with Crippen LogP contribution in [0, 0.1) is 13.8 Å². The van der Waals surface area contributed by atoms with Crippen molar-refractivity contribution in [3.63, 3.8) is 0 Å². The number of hydrogen-bond acceptors (Lipinski definition) is 2. The first-order chi connectivity index (χ1) is 6.83. The summed E-state index contributed by atoms with van der Waals surface area (Å²) in [4.78, 5) is 12.0. The van der Waals surface area contributed by atoms with Gasteiger partial charge in [-0.3, -0.25) is 9.13 Å². The van der Waals surface area contributed by atoms with Gasteiger partial charge in [0.25, 0.3) is 0 Å². The largest absolute Gasteiger partial charge is 0.330 e. The van der Waals surface area contributed by atoms with Crippen LogP contribution in [-0.4, -0.2) is 15.7 Å². The fourth-order valence-electron chi connectivity index (χ4n) is 2.02. The Morgan fingerprint density at radius 2 is 1.80 bits per heavy atom. The third-order valence-corrected chi connectivity index (χ3v) is 3.20. The molecule has 0 unspecified atom stereocenters. The van der Waals surface area contributed by atoms with Crippen LogP contribution in [0.5, 0.6) is 0 Å². The predicted octanol–water partition coefficient (Wildman–Crippen LogP) is 0.888. The maximum Gasteiger partial charge on any atom is 0.328 e. The lowest BCUT2D eigenvalue weighted by atomic mass is 10.00. The Hall–Kier alpha value is -1.03. The van der Waals surface area contributed by atoms with Crippen LogP contribution < -0.4 is 11.4 Å². The Morgan fingerprint density at radius 3 is 2.13 bits per heavy atom. The molecule has 0 bridgehead atoms. The quantitative estimate of drug-likeness (QED) is 0.807. The van der Waals surface area contributed by atoms with E-state index in [9.17, 15) is 4.79 Å². The first kappa shape index (κ1) is 12.0. The van der Waals surface area contributed by atoms with Crippen LogP contribution in [0.25, 0.3) is 0 Å². The van der Waals surface area contributed by atoms with Crippen molar-refractivity contribution >= 4 is 0 Å². The SMILES string of the molecule is Cc1c(C)n(C(C)(C)CCN)c(=O)n1C. The molecule has 0 aromatic carbocycles. The molecule has 0 saturated carbocycles. The summed E-state index contributed by atoms with van der Waals surface area (Å²) in [5, 5.41) is 0. The summed E-state index contributed by atoms with van der Waals surface area (Å²) in [5.41, 5.74) is 7.46. The number of aromatic nitrogens is 2. The molecule has 1 aromatic heterocycles. The summed E-state index contributed by atoms with van der Waals surface area (Å²) in [6, 6.07) is 0. The zero-order valence-corrected chi connectivity index (χ0v) is 10.3. The number of nitrogens with zero attached hydrogens (tertiary/aromatic N) is 2. The molecule has 4 nitrogen and oxygen atoms in total. The van der Waals surface area contributed by atoms with Crippen molar-refractivity contribution in [2.45, 2.75) is 39.7 Å². The second-order valence-corrected chi connectivity index (χ2v) is 4.70. The molecule has 0 radical (unpaired) electrons. The zero-order chi connectivity index (χ0) is 11.8. The highest BCUT2D eigenvalue weighted by atomic mass is 16.1. The van der Waals surface area contributed by atoms with E-state index in [4.69, 9.17) is 5.73 Å². The minimum Gasteiger partial charge on any atom is -0.330 e. The Kier molecular flexibility index (Phi) is 3.09. The topological polar surface area (TPSA) is 52.9 Å². The lowest BCUT2D eigenvalue weighted by Gasteiger charge is -2.26. The normalized spacial score (nSPS) is 12.1. The predicted molar refractivity (Wildman–Crippen MR) is 62.1 cm³/mol. The van der Waals surface area contributed by atoms with Gasteiger partial charge in [-0.05, 0) is 40.7 Å². The Morgan fingerprint density at radius 1 is 1.27 bits per heavy atom. The number of hydrogen-bond donors (Lipinski definition) is 1. The molecule has 1 rings (SSSR count). The molecule has 86 valence electrons. The Balaban J connectivity index is 3.38. The molecule has 4 heteroatoms. The first-order valence-corrected chi connectivity index (χ1v) is 5.28. The highest BCUT2D eigenvalue weighted by Crippen LogP contribution is 2.20. The average Bonchev–Trinajstić information content (AvgIpc) is 2.31. The second kappa shape index (κ2) is 3.85. The molecule has 0 atom stereocenters. The summed E-state index contributed by atoms with van der Waals surface area (Å²) >= 11 is 0. The fraction of sp³-hybridized carbons (Fsp3) is 0.727. The second-order valence-electron chi connectivity index (χ2n) is 4.70. The molecule has 0 aliphatic carbocycles. The van der Waals surface area contributed by atoms with Gasteiger partial charge in [-0.25, -0.2) is 4.79 Å². The van der Waals surface area contributed by atoms with Gasteiger partial charge in [0.1, 0.15) is 0 Å². The van der Waals surface area contributed by atoms with Crippen molar-refractivity contribution in [3.05, 3.63) is 21.9 Å². The van der Waals surface area contributed by atoms with Crippen molar-refractivity contribution in [2.24, 2.45) is 12.8 Å². The third-order valence-electron chi connectivity index (χ3n) is 3.20. The van der Waals surface area contributed by atoms with Crippen LogP contribution in [0.1, 0.15) is 31.7 Å². The van der Waals surface area contributed by atoms with Gasteiger partial charge in [-0.15, -0.1) is 0 Å². The van der Waals surface area contributed by atoms with E-state index in [-0.39, 0.29) is 11.2 Å². The van der Waals surface area contributed by atoms with Gasteiger partial charge in [0.2, 0.25) is 0 Å². The Labute approximate surface area is 90.7 Å². The van der Waals surface area contributed by atoms with Crippen LogP contribution in [-0.2, 0) is 12.6 Å². The minimum atomic E-state index is -0.206. The van der Waals surface area contributed by atoms with Gasteiger partial charge in [0.15, 0.2) is 0 Å². The van der Waals surface area contributed by atoms with E-state index in [1.807, 2.05) is 32.3 Å². The summed E-state index contributed by atoms with van der Waals surface area (Å²) in [5.74, 6) is 0. The molecule has 0 saturated heterocycles. The molecule has 0 amide bonds. The van der Waals surface area contributed by atoms with Gasteiger partial charge < -0.3 is 5.73 Å². The van der Waals surface area contributed by atoms with Crippen molar-refractivity contribution in [2.75, 3.05) is 6.54 Å². The lowest BCUT2D eigenvalue weighted by molar-refractivity contribution is 0.316. The lowest BCUT2D eigenvalue weighted by Crippen LogP contribution is -2.38. The monoisotopic (exact) mass is 211 g/mol. The summed E-state index contributed by atoms with van der Waals surface area (Å²) in [6.45, 7) is 8.63. The van der Waals surface area contributed by atoms with Gasteiger partial charge in [-0.1, -0.05) is 0 Å². The summed E-state index contributed by atoms with van der Waals surface area (Å²) < 4.78 is 3.53. The number of nitrogens with two attached hydrogens (primary N) is 1. The van der Waals surface area contributed by atoms with Crippen molar-refractivity contribution in [1.82, 2.24) is 9.13 Å². The average molecular weight is 211 g/mol. The molecule has 0 spiro atoms. The molecule has 0 fully saturated rings. The molecule has 1 aromatic rings. The van der Waals surface area contributed by atoms with E-state index in [0.717, 1.165) is 17.8 Å². The first-order valence-electron chi connectivity index (χ1n) is 5.28. The zero-order valence-electron chi connectivity index (χ0n) is 10.3. The Bertz CT molecular complexity index is 412. The number of imidazole rings is 1. The fourth-order valence-corrected chi connectivity index (χ4v) is 2.02. The number of rotatable bonds is 3. The molecule has 1 heterocycles. The smallest absolute Gasteiger partial charge is 0.328 e. The van der Waals surface area contributed by atoms with E-state index in [1.54, 1.807) is 11.6 Å². The highest BCUT2D eigenvalue weighted by molar-refractivity contribution is 5.13. The van der Waals surface area contributed by atoms with Crippen LogP contribution in [0.3, 0.4) is 0 Å². The van der Waals surface area contributed by atoms with E-state index in [1.165, 1.54) is 0 Å². The van der Waals surface area contributed by atoms with Crippen molar-refractivity contribution in [1.29, 1.82) is 0 Å². The van der Waals surface area contributed by atoms with Crippen molar-refractivity contribution < 1.29 is 0 Å². The van der Waals surface area contributed by atoms with Gasteiger partial charge in [0, 0.05) is 24.0 Å². The standard InChI is InChI=1S/C11H21N3O/c1-8-9(2)14(10(15)13(8)5)11(3,4)6-7-12/h6-7,12H2,1-5H3. The summed E-state index contributed by atoms with van der Waals surface area (Å²) in [7, 11) is 1.81. The summed E-state index contributed by atoms with van der Waals surface area (Å²) in [6.07, 6.45) is 0.803. The molecule has 15 heavy (non-hydrogen) atoms. The van der Waals surface area contributed by atoms with Crippen LogP contribution in [0.15, 0.2) is 4.79 Å². The van der Waals surface area contributed by atoms with Crippen LogP contribution in [0.4, 0.5) is 0 Å². The van der Waals surface area contributed by atoms with E-state index in [2.05, 4.69) is 0 Å². The molecular weight excluding hydrogens is 190 g/mol. The van der Waals surface area contributed by atoms with E-state index < -0.39 is 0 Å². The molecule has 0 aliphatic heterocycles. The van der Waals surface area contributed by atoms with Crippen LogP contribution in [0.2, 0.25) is 0 Å². The molecule has 2 N–H and O–H groups in total. The van der Waals surface area contributed by atoms with Crippen molar-refractivity contribution in [3.8, 4) is 0 Å². The maximum atomic E-state index is 12.0. The highest BCUT2D eigenvalue weighted by Gasteiger charge is 2.25. The minimum absolute atomic E-state index is 0.0449. The molecule has 0 aliphatic rings. The van der Waals surface area contributed by atoms with Gasteiger partial charge in [-0.2, -0.15) is 0 Å². The van der Waals surface area contributed by atoms with E-state index in [0.29, 0.717) is 6.54 Å². The molecular formula is C11H21N3O. The maximum absolute atomic E-state index is 12.0. The van der Waals surface area contributed by atoms with Gasteiger partial charge >= 0.3 is 5.69 Å². The van der Waals surface area contributed by atoms with Crippen LogP contribution >= 0.6 is 0 Å².